The first-order valence-electron chi connectivity index (χ1n) is 8.89. The zero-order valence-corrected chi connectivity index (χ0v) is 17.1. The molecule has 3 nitrogen and oxygen atoms in total. The molecule has 0 radical (unpaired) electrons. The summed E-state index contributed by atoms with van der Waals surface area (Å²) in [6.45, 7) is 10.9. The lowest BCUT2D eigenvalue weighted by Gasteiger charge is -2.39. The van der Waals surface area contributed by atoms with Crippen LogP contribution in [0.2, 0.25) is 0 Å². The van der Waals surface area contributed by atoms with Gasteiger partial charge in [0.15, 0.2) is 0 Å². The first kappa shape index (κ1) is 18.3. The van der Waals surface area contributed by atoms with Gasteiger partial charge in [-0.2, -0.15) is 0 Å². The van der Waals surface area contributed by atoms with Crippen molar-refractivity contribution in [1.82, 2.24) is 4.90 Å². The number of ether oxygens (including phenoxy) is 1. The van der Waals surface area contributed by atoms with Gasteiger partial charge in [0.2, 0.25) is 0 Å². The van der Waals surface area contributed by atoms with Crippen LogP contribution < -0.4 is 9.64 Å². The van der Waals surface area contributed by atoms with Gasteiger partial charge >= 0.3 is 0 Å². The lowest BCUT2D eigenvalue weighted by Crippen LogP contribution is -2.47. The molecule has 0 aliphatic carbocycles. The highest BCUT2D eigenvalue weighted by molar-refractivity contribution is 9.10. The van der Waals surface area contributed by atoms with Gasteiger partial charge in [-0.05, 0) is 65.5 Å². The predicted octanol–water partition coefficient (Wildman–Crippen LogP) is 4.96. The fraction of sp³-hybridized carbons (Fsp3) is 0.429. The van der Waals surface area contributed by atoms with Crippen LogP contribution >= 0.6 is 15.9 Å². The van der Waals surface area contributed by atoms with Gasteiger partial charge < -0.3 is 9.64 Å². The van der Waals surface area contributed by atoms with E-state index in [4.69, 9.17) is 4.74 Å². The van der Waals surface area contributed by atoms with Crippen LogP contribution in [0.4, 0.5) is 5.69 Å². The van der Waals surface area contributed by atoms with Crippen molar-refractivity contribution in [3.05, 3.63) is 57.6 Å². The third kappa shape index (κ3) is 4.01. The fourth-order valence-electron chi connectivity index (χ4n) is 3.45. The van der Waals surface area contributed by atoms with E-state index in [0.29, 0.717) is 6.04 Å². The van der Waals surface area contributed by atoms with Gasteiger partial charge in [-0.1, -0.05) is 18.2 Å². The third-order valence-corrected chi connectivity index (χ3v) is 6.03. The Balaban J connectivity index is 1.66. The number of methoxy groups -OCH3 is 1. The van der Waals surface area contributed by atoms with E-state index >= 15 is 0 Å². The van der Waals surface area contributed by atoms with Crippen LogP contribution in [-0.4, -0.2) is 38.2 Å². The van der Waals surface area contributed by atoms with Crippen LogP contribution in [0.3, 0.4) is 0 Å². The zero-order valence-electron chi connectivity index (χ0n) is 15.6. The molecule has 1 atom stereocenters. The highest BCUT2D eigenvalue weighted by atomic mass is 79.9. The molecule has 3 rings (SSSR count). The second-order valence-electron chi connectivity index (χ2n) is 6.86. The Bertz CT molecular complexity index is 739. The molecule has 0 saturated carbocycles. The van der Waals surface area contributed by atoms with Crippen molar-refractivity contribution >= 4 is 21.6 Å². The van der Waals surface area contributed by atoms with Crippen LogP contribution in [0, 0.1) is 13.8 Å². The van der Waals surface area contributed by atoms with E-state index in [-0.39, 0.29) is 0 Å². The van der Waals surface area contributed by atoms with E-state index in [2.05, 4.69) is 82.9 Å². The zero-order chi connectivity index (χ0) is 18.0. The lowest BCUT2D eigenvalue weighted by molar-refractivity contribution is 0.198. The topological polar surface area (TPSA) is 15.7 Å². The summed E-state index contributed by atoms with van der Waals surface area (Å²) in [6.07, 6.45) is 0. The van der Waals surface area contributed by atoms with E-state index in [1.165, 1.54) is 22.4 Å². The van der Waals surface area contributed by atoms with Crippen molar-refractivity contribution in [3.63, 3.8) is 0 Å². The first-order valence-corrected chi connectivity index (χ1v) is 9.68. The summed E-state index contributed by atoms with van der Waals surface area (Å²) in [4.78, 5) is 5.02. The van der Waals surface area contributed by atoms with Crippen molar-refractivity contribution in [3.8, 4) is 5.75 Å². The summed E-state index contributed by atoms with van der Waals surface area (Å²) in [5, 5.41) is 0. The molecule has 1 heterocycles. The molecule has 134 valence electrons. The molecule has 25 heavy (non-hydrogen) atoms. The highest BCUT2D eigenvalue weighted by Crippen LogP contribution is 2.31. The molecule has 0 amide bonds. The minimum absolute atomic E-state index is 0.459. The van der Waals surface area contributed by atoms with Gasteiger partial charge in [0.05, 0.1) is 11.6 Å². The fourth-order valence-corrected chi connectivity index (χ4v) is 3.86. The second-order valence-corrected chi connectivity index (χ2v) is 7.72. The van der Waals surface area contributed by atoms with Gasteiger partial charge in [-0.3, -0.25) is 4.90 Å². The number of benzene rings is 2. The molecule has 0 bridgehead atoms. The average Bonchev–Trinajstić information content (AvgIpc) is 2.64. The van der Waals surface area contributed by atoms with Gasteiger partial charge in [-0.25, -0.2) is 0 Å². The summed E-state index contributed by atoms with van der Waals surface area (Å²) in [5.41, 5.74) is 5.40. The van der Waals surface area contributed by atoms with E-state index in [9.17, 15) is 0 Å². The maximum absolute atomic E-state index is 5.43. The summed E-state index contributed by atoms with van der Waals surface area (Å²) in [6, 6.07) is 13.7. The Labute approximate surface area is 159 Å². The normalized spacial score (nSPS) is 16.8. The predicted molar refractivity (Wildman–Crippen MR) is 109 cm³/mol. The van der Waals surface area contributed by atoms with Crippen molar-refractivity contribution in [2.75, 3.05) is 38.2 Å². The van der Waals surface area contributed by atoms with E-state index in [0.717, 1.165) is 36.4 Å². The Morgan fingerprint density at radius 2 is 1.68 bits per heavy atom. The van der Waals surface area contributed by atoms with E-state index < -0.39 is 0 Å². The molecule has 1 saturated heterocycles. The smallest absolute Gasteiger partial charge is 0.135 e. The minimum Gasteiger partial charge on any atom is -0.495 e. The molecule has 0 spiro atoms. The Kier molecular flexibility index (Phi) is 5.70. The number of rotatable bonds is 4. The first-order chi connectivity index (χ1) is 12.0. The third-order valence-electron chi connectivity index (χ3n) is 5.38. The molecule has 0 aromatic heterocycles. The van der Waals surface area contributed by atoms with Gasteiger partial charge in [0.1, 0.15) is 5.75 Å². The number of anilines is 1. The SMILES string of the molecule is COc1cc(N2CCN(C(C)c3ccc(C)c(C)c3)CC2)ccc1Br. The van der Waals surface area contributed by atoms with Gasteiger partial charge in [0.25, 0.3) is 0 Å². The largest absolute Gasteiger partial charge is 0.495 e. The molecule has 0 N–H and O–H groups in total. The summed E-state index contributed by atoms with van der Waals surface area (Å²) in [5.74, 6) is 0.892. The molecule has 2 aromatic carbocycles. The lowest BCUT2D eigenvalue weighted by atomic mass is 10.0. The van der Waals surface area contributed by atoms with Crippen LogP contribution in [-0.2, 0) is 0 Å². The second kappa shape index (κ2) is 7.79. The number of hydrogen-bond donors (Lipinski definition) is 0. The maximum atomic E-state index is 5.43. The van der Waals surface area contributed by atoms with Crippen LogP contribution in [0.15, 0.2) is 40.9 Å². The summed E-state index contributed by atoms with van der Waals surface area (Å²) >= 11 is 3.53. The van der Waals surface area contributed by atoms with Gasteiger partial charge in [0, 0.05) is 44.0 Å². The number of nitrogens with zero attached hydrogens (tertiary/aromatic N) is 2. The molecular weight excluding hydrogens is 376 g/mol. The number of hydrogen-bond acceptors (Lipinski definition) is 3. The van der Waals surface area contributed by atoms with Crippen molar-refractivity contribution in [1.29, 1.82) is 0 Å². The Hall–Kier alpha value is -1.52. The van der Waals surface area contributed by atoms with E-state index in [1.807, 2.05) is 0 Å². The van der Waals surface area contributed by atoms with Crippen LogP contribution in [0.1, 0.15) is 29.7 Å². The molecule has 1 unspecified atom stereocenters. The van der Waals surface area contributed by atoms with E-state index in [1.54, 1.807) is 7.11 Å². The Morgan fingerprint density at radius 3 is 2.32 bits per heavy atom. The maximum Gasteiger partial charge on any atom is 0.135 e. The average molecular weight is 403 g/mol. The number of piperazine rings is 1. The number of halogens is 1. The molecule has 1 aliphatic heterocycles. The summed E-state index contributed by atoms with van der Waals surface area (Å²) in [7, 11) is 1.72. The molecular formula is C21H27BrN2O. The van der Waals surface area contributed by atoms with Crippen molar-refractivity contribution < 1.29 is 4.74 Å². The summed E-state index contributed by atoms with van der Waals surface area (Å²) < 4.78 is 6.43. The molecule has 2 aromatic rings. The standard InChI is InChI=1S/C21H27BrN2O/c1-15-5-6-18(13-16(15)2)17(3)23-9-11-24(12-10-23)19-7-8-20(22)21(14-19)25-4/h5-8,13-14,17H,9-12H2,1-4H3. The van der Waals surface area contributed by atoms with Crippen LogP contribution in [0.25, 0.3) is 0 Å². The minimum atomic E-state index is 0.459. The molecule has 4 heteroatoms. The highest BCUT2D eigenvalue weighted by Gasteiger charge is 2.23. The number of aryl methyl sites for hydroxylation is 2. The quantitative estimate of drug-likeness (QED) is 0.718. The van der Waals surface area contributed by atoms with Gasteiger partial charge in [-0.15, -0.1) is 0 Å². The Morgan fingerprint density at radius 1 is 0.960 bits per heavy atom. The monoisotopic (exact) mass is 402 g/mol. The van der Waals surface area contributed by atoms with Crippen molar-refractivity contribution in [2.45, 2.75) is 26.8 Å². The van der Waals surface area contributed by atoms with Crippen molar-refractivity contribution in [2.24, 2.45) is 0 Å². The molecule has 1 fully saturated rings. The molecule has 1 aliphatic rings. The van der Waals surface area contributed by atoms with Crippen LogP contribution in [0.5, 0.6) is 5.75 Å².